The Hall–Kier alpha value is -4.14. The van der Waals surface area contributed by atoms with Gasteiger partial charge in [0.2, 0.25) is 6.79 Å². The van der Waals surface area contributed by atoms with Gasteiger partial charge in [-0.05, 0) is 18.2 Å². The number of aromatic nitrogens is 2. The molecule has 0 unspecified atom stereocenters. The summed E-state index contributed by atoms with van der Waals surface area (Å²) in [6, 6.07) is 14.5. The van der Waals surface area contributed by atoms with Crippen molar-refractivity contribution in [1.29, 1.82) is 0 Å². The number of hydrazone groups is 1. The molecule has 0 bridgehead atoms. The fourth-order valence-corrected chi connectivity index (χ4v) is 2.74. The number of nitrogens with one attached hydrogen (secondary N) is 3. The number of rotatable bonds is 6. The van der Waals surface area contributed by atoms with Crippen molar-refractivity contribution in [1.82, 2.24) is 20.9 Å². The van der Waals surface area contributed by atoms with E-state index in [1.807, 2.05) is 30.3 Å². The summed E-state index contributed by atoms with van der Waals surface area (Å²) < 4.78 is 10.4. The van der Waals surface area contributed by atoms with Crippen LogP contribution >= 0.6 is 0 Å². The minimum Gasteiger partial charge on any atom is -0.454 e. The molecule has 2 heterocycles. The second kappa shape index (κ2) is 8.26. The van der Waals surface area contributed by atoms with E-state index in [-0.39, 0.29) is 13.3 Å². The lowest BCUT2D eigenvalue weighted by molar-refractivity contribution is -0.120. The fraction of sp³-hybridized carbons (Fsp3) is 0.100. The molecule has 0 radical (unpaired) electrons. The molecule has 3 aromatic rings. The van der Waals surface area contributed by atoms with Crippen LogP contribution in [0.3, 0.4) is 0 Å². The minimum absolute atomic E-state index is 0.128. The van der Waals surface area contributed by atoms with Gasteiger partial charge >= 0.3 is 0 Å². The molecule has 0 saturated carbocycles. The highest BCUT2D eigenvalue weighted by atomic mass is 16.7. The van der Waals surface area contributed by atoms with E-state index in [0.717, 1.165) is 16.8 Å². The Labute approximate surface area is 165 Å². The van der Waals surface area contributed by atoms with Crippen molar-refractivity contribution in [3.05, 3.63) is 65.9 Å². The van der Waals surface area contributed by atoms with E-state index < -0.39 is 11.8 Å². The molecule has 1 aliphatic rings. The fourth-order valence-electron chi connectivity index (χ4n) is 2.74. The SMILES string of the molecule is O=C(CNC(=O)c1ccc2c(c1)OCO2)N/N=C\c1cn[nH]c1-c1ccccc1. The number of ether oxygens (including phenoxy) is 2. The molecule has 1 aliphatic heterocycles. The summed E-state index contributed by atoms with van der Waals surface area (Å²) in [5, 5.41) is 13.4. The van der Waals surface area contributed by atoms with Crippen LogP contribution in [-0.4, -0.2) is 41.6 Å². The van der Waals surface area contributed by atoms with E-state index >= 15 is 0 Å². The third kappa shape index (κ3) is 4.24. The van der Waals surface area contributed by atoms with E-state index in [1.54, 1.807) is 24.4 Å². The molecule has 0 fully saturated rings. The van der Waals surface area contributed by atoms with E-state index in [4.69, 9.17) is 9.47 Å². The molecule has 0 atom stereocenters. The first-order chi connectivity index (χ1) is 14.2. The maximum Gasteiger partial charge on any atom is 0.259 e. The van der Waals surface area contributed by atoms with E-state index in [2.05, 4.69) is 26.0 Å². The Kier molecular flexibility index (Phi) is 5.19. The van der Waals surface area contributed by atoms with Gasteiger partial charge in [0.05, 0.1) is 24.7 Å². The molecule has 29 heavy (non-hydrogen) atoms. The Morgan fingerprint density at radius 2 is 1.97 bits per heavy atom. The predicted octanol–water partition coefficient (Wildman–Crippen LogP) is 1.69. The molecular weight excluding hydrogens is 374 g/mol. The molecule has 0 saturated heterocycles. The van der Waals surface area contributed by atoms with Crippen molar-refractivity contribution in [2.24, 2.45) is 5.10 Å². The van der Waals surface area contributed by atoms with Crippen molar-refractivity contribution in [3.63, 3.8) is 0 Å². The lowest BCUT2D eigenvalue weighted by Crippen LogP contribution is -2.34. The first-order valence-corrected chi connectivity index (χ1v) is 8.79. The number of carbonyl (C=O) groups excluding carboxylic acids is 2. The number of benzene rings is 2. The van der Waals surface area contributed by atoms with Gasteiger partial charge in [-0.2, -0.15) is 10.2 Å². The topological polar surface area (TPSA) is 118 Å². The van der Waals surface area contributed by atoms with E-state index in [9.17, 15) is 9.59 Å². The minimum atomic E-state index is -0.458. The first kappa shape index (κ1) is 18.2. The van der Waals surface area contributed by atoms with Gasteiger partial charge < -0.3 is 14.8 Å². The largest absolute Gasteiger partial charge is 0.454 e. The van der Waals surface area contributed by atoms with Crippen LogP contribution in [0.4, 0.5) is 0 Å². The third-order valence-electron chi connectivity index (χ3n) is 4.17. The Balaban J connectivity index is 1.30. The molecular formula is C20H17N5O4. The van der Waals surface area contributed by atoms with Gasteiger partial charge in [0, 0.05) is 16.7 Å². The molecule has 2 amide bonds. The van der Waals surface area contributed by atoms with Gasteiger partial charge in [-0.3, -0.25) is 14.7 Å². The van der Waals surface area contributed by atoms with Crippen LogP contribution in [-0.2, 0) is 4.79 Å². The van der Waals surface area contributed by atoms with Crippen LogP contribution in [0.15, 0.2) is 59.8 Å². The predicted molar refractivity (Wildman–Crippen MR) is 105 cm³/mol. The van der Waals surface area contributed by atoms with E-state index in [1.165, 1.54) is 6.21 Å². The van der Waals surface area contributed by atoms with Crippen LogP contribution in [0.1, 0.15) is 15.9 Å². The number of amides is 2. The number of fused-ring (bicyclic) bond motifs is 1. The highest BCUT2D eigenvalue weighted by Crippen LogP contribution is 2.32. The molecule has 146 valence electrons. The van der Waals surface area contributed by atoms with Crippen molar-refractivity contribution in [2.45, 2.75) is 0 Å². The number of carbonyl (C=O) groups is 2. The van der Waals surface area contributed by atoms with Gasteiger partial charge in [-0.1, -0.05) is 30.3 Å². The van der Waals surface area contributed by atoms with Crippen molar-refractivity contribution >= 4 is 18.0 Å². The summed E-state index contributed by atoms with van der Waals surface area (Å²) in [6.45, 7) is -0.0923. The zero-order valence-corrected chi connectivity index (χ0v) is 15.2. The maximum absolute atomic E-state index is 12.2. The lowest BCUT2D eigenvalue weighted by atomic mass is 10.1. The summed E-state index contributed by atoms with van der Waals surface area (Å²) >= 11 is 0. The molecule has 3 N–H and O–H groups in total. The Morgan fingerprint density at radius 1 is 1.14 bits per heavy atom. The smallest absolute Gasteiger partial charge is 0.259 e. The highest BCUT2D eigenvalue weighted by Gasteiger charge is 2.16. The van der Waals surface area contributed by atoms with Crippen LogP contribution < -0.4 is 20.2 Å². The van der Waals surface area contributed by atoms with Crippen LogP contribution in [0, 0.1) is 0 Å². The number of aromatic amines is 1. The van der Waals surface area contributed by atoms with Gasteiger partial charge in [0.1, 0.15) is 0 Å². The summed E-state index contributed by atoms with van der Waals surface area (Å²) in [6.07, 6.45) is 3.10. The maximum atomic E-state index is 12.2. The van der Waals surface area contributed by atoms with Crippen LogP contribution in [0.5, 0.6) is 11.5 Å². The Bertz CT molecular complexity index is 1060. The average Bonchev–Trinajstić information content (AvgIpc) is 3.41. The van der Waals surface area contributed by atoms with Crippen molar-refractivity contribution in [3.8, 4) is 22.8 Å². The molecule has 1 aromatic heterocycles. The summed E-state index contributed by atoms with van der Waals surface area (Å²) in [5.74, 6) is 0.229. The average molecular weight is 391 g/mol. The summed E-state index contributed by atoms with van der Waals surface area (Å²) in [7, 11) is 0. The van der Waals surface area contributed by atoms with Crippen molar-refractivity contribution < 1.29 is 19.1 Å². The van der Waals surface area contributed by atoms with Crippen molar-refractivity contribution in [2.75, 3.05) is 13.3 Å². The molecule has 9 heteroatoms. The van der Waals surface area contributed by atoms with Gasteiger partial charge in [0.15, 0.2) is 11.5 Å². The normalized spacial score (nSPS) is 12.1. The third-order valence-corrected chi connectivity index (χ3v) is 4.17. The number of H-pyrrole nitrogens is 1. The molecule has 9 nitrogen and oxygen atoms in total. The number of hydrogen-bond donors (Lipinski definition) is 3. The Morgan fingerprint density at radius 3 is 2.83 bits per heavy atom. The molecule has 0 aliphatic carbocycles. The monoisotopic (exact) mass is 391 g/mol. The standard InChI is InChI=1S/C20H17N5O4/c26-18(11-21-20(27)14-6-7-16-17(8-14)29-12-28-16)24-22-9-15-10-23-25-19(15)13-4-2-1-3-5-13/h1-10H,11-12H2,(H,21,27)(H,23,25)(H,24,26)/b22-9-. The molecule has 2 aromatic carbocycles. The summed E-state index contributed by atoms with van der Waals surface area (Å²) in [5.41, 5.74) is 5.22. The zero-order valence-electron chi connectivity index (χ0n) is 15.2. The summed E-state index contributed by atoms with van der Waals surface area (Å²) in [4.78, 5) is 24.1. The van der Waals surface area contributed by atoms with Crippen LogP contribution in [0.2, 0.25) is 0 Å². The molecule has 0 spiro atoms. The first-order valence-electron chi connectivity index (χ1n) is 8.79. The quantitative estimate of drug-likeness (QED) is 0.437. The number of hydrogen-bond acceptors (Lipinski definition) is 6. The highest BCUT2D eigenvalue weighted by molar-refractivity contribution is 5.97. The lowest BCUT2D eigenvalue weighted by Gasteiger charge is -2.05. The van der Waals surface area contributed by atoms with Crippen LogP contribution in [0.25, 0.3) is 11.3 Å². The van der Waals surface area contributed by atoms with Gasteiger partial charge in [-0.25, -0.2) is 5.43 Å². The second-order valence-electron chi connectivity index (χ2n) is 6.11. The second-order valence-corrected chi connectivity index (χ2v) is 6.11. The zero-order chi connectivity index (χ0) is 20.1. The van der Waals surface area contributed by atoms with E-state index in [0.29, 0.717) is 17.1 Å². The van der Waals surface area contributed by atoms with Gasteiger partial charge in [-0.15, -0.1) is 0 Å². The number of nitrogens with zero attached hydrogens (tertiary/aromatic N) is 2. The molecule has 4 rings (SSSR count). The van der Waals surface area contributed by atoms with Gasteiger partial charge in [0.25, 0.3) is 11.8 Å².